The van der Waals surface area contributed by atoms with Crippen LogP contribution in [0.3, 0.4) is 0 Å². The zero-order valence-corrected chi connectivity index (χ0v) is 15.3. The van der Waals surface area contributed by atoms with Crippen molar-refractivity contribution in [3.63, 3.8) is 0 Å². The summed E-state index contributed by atoms with van der Waals surface area (Å²) in [6.07, 6.45) is 4.97. The second-order valence-electron chi connectivity index (χ2n) is 6.47. The molecule has 1 aliphatic heterocycles. The third-order valence-corrected chi connectivity index (χ3v) is 5.71. The Labute approximate surface area is 151 Å². The summed E-state index contributed by atoms with van der Waals surface area (Å²) in [6, 6.07) is 10.7. The SMILES string of the molecule is CNc1ncc(CN2CC(Oc3nccc4ccccc34)CC2C)s1. The van der Waals surface area contributed by atoms with E-state index in [1.54, 1.807) is 11.3 Å². The first-order valence-corrected chi connectivity index (χ1v) is 9.41. The number of benzene rings is 1. The molecule has 3 heterocycles. The lowest BCUT2D eigenvalue weighted by Gasteiger charge is -2.19. The molecular weight excluding hydrogens is 332 g/mol. The fourth-order valence-corrected chi connectivity index (χ4v) is 4.18. The molecule has 1 aliphatic rings. The van der Waals surface area contributed by atoms with Crippen molar-refractivity contribution >= 4 is 27.2 Å². The number of fused-ring (bicyclic) bond motifs is 1. The molecule has 0 aliphatic carbocycles. The molecule has 5 nitrogen and oxygen atoms in total. The van der Waals surface area contributed by atoms with Crippen LogP contribution in [0, 0.1) is 0 Å². The van der Waals surface area contributed by atoms with Crippen LogP contribution in [0.15, 0.2) is 42.7 Å². The van der Waals surface area contributed by atoms with Crippen molar-refractivity contribution in [2.45, 2.75) is 32.0 Å². The van der Waals surface area contributed by atoms with Crippen molar-refractivity contribution in [2.24, 2.45) is 0 Å². The molecule has 1 saturated heterocycles. The van der Waals surface area contributed by atoms with Crippen molar-refractivity contribution in [1.82, 2.24) is 14.9 Å². The minimum absolute atomic E-state index is 0.171. The van der Waals surface area contributed by atoms with Crippen LogP contribution in [0.2, 0.25) is 0 Å². The molecule has 2 atom stereocenters. The van der Waals surface area contributed by atoms with Gasteiger partial charge in [0.15, 0.2) is 5.13 Å². The Balaban J connectivity index is 1.45. The standard InChI is InChI=1S/C19H22N4OS/c1-13-9-15(11-23(13)12-16-10-22-19(20-2)25-16)24-18-17-6-4-3-5-14(17)7-8-21-18/h3-8,10,13,15H,9,11-12H2,1-2H3,(H,20,22). The Bertz CT molecular complexity index is 860. The highest BCUT2D eigenvalue weighted by Crippen LogP contribution is 2.29. The molecule has 1 fully saturated rings. The lowest BCUT2D eigenvalue weighted by Crippen LogP contribution is -2.27. The fraction of sp³-hybridized carbons (Fsp3) is 0.368. The van der Waals surface area contributed by atoms with E-state index in [1.165, 1.54) is 10.3 Å². The molecule has 1 N–H and O–H groups in total. The summed E-state index contributed by atoms with van der Waals surface area (Å²) in [5, 5.41) is 6.31. The van der Waals surface area contributed by atoms with Crippen molar-refractivity contribution in [3.8, 4) is 5.88 Å². The van der Waals surface area contributed by atoms with Gasteiger partial charge in [-0.15, -0.1) is 11.3 Å². The second-order valence-corrected chi connectivity index (χ2v) is 7.59. The number of nitrogens with one attached hydrogen (secondary N) is 1. The first kappa shape index (κ1) is 16.3. The molecule has 4 rings (SSSR count). The molecule has 0 radical (unpaired) electrons. The quantitative estimate of drug-likeness (QED) is 0.756. The minimum atomic E-state index is 0.171. The third kappa shape index (κ3) is 3.45. The molecule has 2 aromatic heterocycles. The number of pyridine rings is 1. The zero-order chi connectivity index (χ0) is 17.2. The van der Waals surface area contributed by atoms with Crippen LogP contribution in [-0.2, 0) is 6.54 Å². The Hall–Kier alpha value is -2.18. The number of ether oxygens (including phenoxy) is 1. The lowest BCUT2D eigenvalue weighted by molar-refractivity contribution is 0.191. The smallest absolute Gasteiger partial charge is 0.221 e. The van der Waals surface area contributed by atoms with E-state index < -0.39 is 0 Å². The molecule has 0 amide bonds. The number of nitrogens with zero attached hydrogens (tertiary/aromatic N) is 3. The van der Waals surface area contributed by atoms with E-state index in [4.69, 9.17) is 4.74 Å². The van der Waals surface area contributed by atoms with Gasteiger partial charge < -0.3 is 10.1 Å². The van der Waals surface area contributed by atoms with Gasteiger partial charge in [0.2, 0.25) is 5.88 Å². The van der Waals surface area contributed by atoms with E-state index in [0.717, 1.165) is 35.9 Å². The Morgan fingerprint density at radius 3 is 3.00 bits per heavy atom. The number of aromatic nitrogens is 2. The molecule has 0 spiro atoms. The number of hydrogen-bond acceptors (Lipinski definition) is 6. The fourth-order valence-electron chi connectivity index (χ4n) is 3.39. The molecule has 2 unspecified atom stereocenters. The highest BCUT2D eigenvalue weighted by Gasteiger charge is 2.31. The number of anilines is 1. The Morgan fingerprint density at radius 1 is 1.28 bits per heavy atom. The largest absolute Gasteiger partial charge is 0.472 e. The molecule has 3 aromatic rings. The van der Waals surface area contributed by atoms with Crippen molar-refractivity contribution in [2.75, 3.05) is 18.9 Å². The normalized spacial score (nSPS) is 20.9. The van der Waals surface area contributed by atoms with Gasteiger partial charge in [0.25, 0.3) is 0 Å². The molecular formula is C19H22N4OS. The average Bonchev–Trinajstić information content (AvgIpc) is 3.22. The number of thiazole rings is 1. The van der Waals surface area contributed by atoms with Crippen LogP contribution in [0.4, 0.5) is 5.13 Å². The topological polar surface area (TPSA) is 50.3 Å². The van der Waals surface area contributed by atoms with Crippen molar-refractivity contribution in [1.29, 1.82) is 0 Å². The van der Waals surface area contributed by atoms with Gasteiger partial charge in [0.1, 0.15) is 6.10 Å². The Morgan fingerprint density at radius 2 is 2.16 bits per heavy atom. The van der Waals surface area contributed by atoms with E-state index in [9.17, 15) is 0 Å². The first-order chi connectivity index (χ1) is 12.2. The van der Waals surface area contributed by atoms with E-state index in [0.29, 0.717) is 6.04 Å². The maximum Gasteiger partial charge on any atom is 0.221 e. The summed E-state index contributed by atoms with van der Waals surface area (Å²) in [5.41, 5.74) is 0. The van der Waals surface area contributed by atoms with Gasteiger partial charge in [-0.3, -0.25) is 4.90 Å². The maximum absolute atomic E-state index is 6.28. The van der Waals surface area contributed by atoms with E-state index in [-0.39, 0.29) is 6.10 Å². The van der Waals surface area contributed by atoms with Gasteiger partial charge in [-0.1, -0.05) is 18.2 Å². The van der Waals surface area contributed by atoms with Crippen LogP contribution in [0.25, 0.3) is 10.8 Å². The summed E-state index contributed by atoms with van der Waals surface area (Å²) in [5.74, 6) is 0.743. The van der Waals surface area contributed by atoms with E-state index in [1.807, 2.05) is 37.6 Å². The van der Waals surface area contributed by atoms with Crippen molar-refractivity contribution in [3.05, 3.63) is 47.6 Å². The van der Waals surface area contributed by atoms with Crippen LogP contribution in [0.1, 0.15) is 18.2 Å². The van der Waals surface area contributed by atoms with Gasteiger partial charge >= 0.3 is 0 Å². The molecule has 0 bridgehead atoms. The Kier molecular flexibility index (Phi) is 4.55. The van der Waals surface area contributed by atoms with Crippen LogP contribution < -0.4 is 10.1 Å². The van der Waals surface area contributed by atoms with Crippen LogP contribution >= 0.6 is 11.3 Å². The molecule has 6 heteroatoms. The van der Waals surface area contributed by atoms with Crippen LogP contribution in [0.5, 0.6) is 5.88 Å². The van der Waals surface area contributed by atoms with Gasteiger partial charge in [0.05, 0.1) is 0 Å². The highest BCUT2D eigenvalue weighted by molar-refractivity contribution is 7.15. The first-order valence-electron chi connectivity index (χ1n) is 8.60. The summed E-state index contributed by atoms with van der Waals surface area (Å²) in [4.78, 5) is 12.6. The molecule has 0 saturated carbocycles. The maximum atomic E-state index is 6.28. The van der Waals surface area contributed by atoms with Gasteiger partial charge in [-0.25, -0.2) is 9.97 Å². The second kappa shape index (κ2) is 6.98. The predicted molar refractivity (Wildman–Crippen MR) is 102 cm³/mol. The highest BCUT2D eigenvalue weighted by atomic mass is 32.1. The van der Waals surface area contributed by atoms with E-state index in [2.05, 4.69) is 39.2 Å². The minimum Gasteiger partial charge on any atom is -0.472 e. The van der Waals surface area contributed by atoms with E-state index >= 15 is 0 Å². The van der Waals surface area contributed by atoms with Crippen molar-refractivity contribution < 1.29 is 4.74 Å². The summed E-state index contributed by atoms with van der Waals surface area (Å²) >= 11 is 1.71. The summed E-state index contributed by atoms with van der Waals surface area (Å²) < 4.78 is 6.28. The molecule has 130 valence electrons. The molecule has 1 aromatic carbocycles. The van der Waals surface area contributed by atoms with Gasteiger partial charge in [-0.2, -0.15) is 0 Å². The lowest BCUT2D eigenvalue weighted by atomic mass is 10.2. The van der Waals surface area contributed by atoms with Gasteiger partial charge in [0, 0.05) is 55.3 Å². The molecule has 25 heavy (non-hydrogen) atoms. The average molecular weight is 354 g/mol. The summed E-state index contributed by atoms with van der Waals surface area (Å²) in [6.45, 7) is 4.10. The monoisotopic (exact) mass is 354 g/mol. The summed E-state index contributed by atoms with van der Waals surface area (Å²) in [7, 11) is 1.90. The predicted octanol–water partition coefficient (Wildman–Crippen LogP) is 3.77. The number of hydrogen-bond donors (Lipinski definition) is 1. The zero-order valence-electron chi connectivity index (χ0n) is 14.5. The van der Waals surface area contributed by atoms with Gasteiger partial charge in [-0.05, 0) is 24.4 Å². The number of rotatable bonds is 5. The van der Waals surface area contributed by atoms with Crippen LogP contribution in [-0.4, -0.2) is 40.6 Å². The number of likely N-dealkylation sites (tertiary alicyclic amines) is 1. The third-order valence-electron chi connectivity index (χ3n) is 4.71.